The summed E-state index contributed by atoms with van der Waals surface area (Å²) in [6.45, 7) is 4.60. The molecule has 0 aliphatic carbocycles. The number of aromatic nitrogens is 3. The zero-order valence-corrected chi connectivity index (χ0v) is 17.9. The molecule has 0 saturated carbocycles. The molecule has 4 aromatic rings. The van der Waals surface area contributed by atoms with Crippen LogP contribution in [0.1, 0.15) is 29.9 Å². The summed E-state index contributed by atoms with van der Waals surface area (Å²) < 4.78 is 22.0. The van der Waals surface area contributed by atoms with Crippen molar-refractivity contribution >= 4 is 21.6 Å². The lowest BCUT2D eigenvalue weighted by Gasteiger charge is -2.29. The molecule has 0 bridgehead atoms. The average molecular weight is 437 g/mol. The molecule has 158 valence electrons. The van der Waals surface area contributed by atoms with E-state index < -0.39 is 11.3 Å². The zero-order chi connectivity index (χ0) is 21.8. The Morgan fingerprint density at radius 3 is 2.65 bits per heavy atom. The van der Waals surface area contributed by atoms with Gasteiger partial charge in [-0.05, 0) is 49.2 Å². The van der Waals surface area contributed by atoms with E-state index in [0.717, 1.165) is 20.6 Å². The standard InChI is InChI=1S/C23H20FN3O3S/c1-23(2)11-16-17(13-30-23)31-21-19(16)20(28)27(18-5-3-4-10-25-18)22(29)26(21)12-14-6-8-15(24)9-7-14/h3-10H,11-13H2,1-2H3. The van der Waals surface area contributed by atoms with Crippen LogP contribution in [0.3, 0.4) is 0 Å². The SMILES string of the molecule is CC1(C)Cc2c(sc3c2c(=O)n(-c2ccccn2)c(=O)n3Cc2ccc(F)cc2)CO1. The number of ether oxygens (including phenoxy) is 1. The molecule has 3 aromatic heterocycles. The number of pyridine rings is 1. The quantitative estimate of drug-likeness (QED) is 0.491. The van der Waals surface area contributed by atoms with Crippen molar-refractivity contribution in [2.75, 3.05) is 0 Å². The first kappa shape index (κ1) is 19.8. The van der Waals surface area contributed by atoms with Gasteiger partial charge in [-0.25, -0.2) is 18.7 Å². The number of hydrogen-bond donors (Lipinski definition) is 0. The van der Waals surface area contributed by atoms with E-state index in [4.69, 9.17) is 4.74 Å². The lowest BCUT2D eigenvalue weighted by atomic mass is 9.94. The Kier molecular flexibility index (Phi) is 4.64. The summed E-state index contributed by atoms with van der Waals surface area (Å²) in [5.41, 5.74) is 0.447. The highest BCUT2D eigenvalue weighted by Crippen LogP contribution is 2.37. The third-order valence-electron chi connectivity index (χ3n) is 5.49. The molecule has 31 heavy (non-hydrogen) atoms. The van der Waals surface area contributed by atoms with E-state index in [1.165, 1.54) is 23.5 Å². The number of nitrogens with zero attached hydrogens (tertiary/aromatic N) is 3. The Labute approximate surface area is 181 Å². The molecule has 0 saturated heterocycles. The molecule has 0 amide bonds. The molecule has 8 heteroatoms. The van der Waals surface area contributed by atoms with Gasteiger partial charge in [0, 0.05) is 17.5 Å². The van der Waals surface area contributed by atoms with Gasteiger partial charge in [0.25, 0.3) is 5.56 Å². The molecule has 0 N–H and O–H groups in total. The third-order valence-corrected chi connectivity index (χ3v) is 6.71. The molecule has 1 aliphatic rings. The topological polar surface area (TPSA) is 66.1 Å². The lowest BCUT2D eigenvalue weighted by Crippen LogP contribution is -2.40. The van der Waals surface area contributed by atoms with Crippen molar-refractivity contribution in [3.05, 3.63) is 91.3 Å². The van der Waals surface area contributed by atoms with Gasteiger partial charge in [-0.1, -0.05) is 18.2 Å². The van der Waals surface area contributed by atoms with Gasteiger partial charge in [0.2, 0.25) is 0 Å². The summed E-state index contributed by atoms with van der Waals surface area (Å²) in [6.07, 6.45) is 2.13. The lowest BCUT2D eigenvalue weighted by molar-refractivity contribution is -0.0379. The van der Waals surface area contributed by atoms with Crippen LogP contribution in [-0.4, -0.2) is 19.7 Å². The second-order valence-corrected chi connectivity index (χ2v) is 9.32. The summed E-state index contributed by atoms with van der Waals surface area (Å²) in [5, 5.41) is 0.531. The van der Waals surface area contributed by atoms with Crippen molar-refractivity contribution in [1.82, 2.24) is 14.1 Å². The van der Waals surface area contributed by atoms with E-state index in [2.05, 4.69) is 4.98 Å². The number of thiophene rings is 1. The van der Waals surface area contributed by atoms with Gasteiger partial charge in [-0.3, -0.25) is 9.36 Å². The van der Waals surface area contributed by atoms with Gasteiger partial charge in [-0.15, -0.1) is 11.3 Å². The molecule has 1 aromatic carbocycles. The Hall–Kier alpha value is -3.10. The van der Waals surface area contributed by atoms with Gasteiger partial charge < -0.3 is 4.74 Å². The number of rotatable bonds is 3. The monoisotopic (exact) mass is 437 g/mol. The molecular weight excluding hydrogens is 417 g/mol. The second-order valence-electron chi connectivity index (χ2n) is 8.23. The maximum atomic E-state index is 13.6. The Morgan fingerprint density at radius 2 is 1.94 bits per heavy atom. The number of halogens is 1. The van der Waals surface area contributed by atoms with Gasteiger partial charge in [-0.2, -0.15) is 0 Å². The Bertz CT molecular complexity index is 1400. The van der Waals surface area contributed by atoms with Gasteiger partial charge >= 0.3 is 5.69 Å². The Morgan fingerprint density at radius 1 is 1.16 bits per heavy atom. The van der Waals surface area contributed by atoms with E-state index in [-0.39, 0.29) is 23.7 Å². The predicted octanol–water partition coefficient (Wildman–Crippen LogP) is 3.65. The van der Waals surface area contributed by atoms with Crippen LogP contribution < -0.4 is 11.2 Å². The summed E-state index contributed by atoms with van der Waals surface area (Å²) in [7, 11) is 0. The molecule has 4 heterocycles. The van der Waals surface area contributed by atoms with Crippen LogP contribution in [0, 0.1) is 5.82 Å². The first-order valence-corrected chi connectivity index (χ1v) is 10.8. The highest BCUT2D eigenvalue weighted by Gasteiger charge is 2.32. The average Bonchev–Trinajstić information content (AvgIpc) is 3.11. The van der Waals surface area contributed by atoms with Crippen LogP contribution >= 0.6 is 11.3 Å². The van der Waals surface area contributed by atoms with Crippen LogP contribution in [-0.2, 0) is 24.3 Å². The van der Waals surface area contributed by atoms with Crippen LogP contribution in [0.4, 0.5) is 4.39 Å². The summed E-state index contributed by atoms with van der Waals surface area (Å²) in [4.78, 5) is 32.9. The summed E-state index contributed by atoms with van der Waals surface area (Å²) >= 11 is 1.41. The van der Waals surface area contributed by atoms with Crippen molar-refractivity contribution in [1.29, 1.82) is 0 Å². The van der Waals surface area contributed by atoms with E-state index in [1.807, 2.05) is 13.8 Å². The minimum Gasteiger partial charge on any atom is -0.370 e. The molecule has 1 aliphatic heterocycles. The Balaban J connectivity index is 1.82. The molecular formula is C23H20FN3O3S. The van der Waals surface area contributed by atoms with Gasteiger partial charge in [0.15, 0.2) is 0 Å². The fourth-order valence-electron chi connectivity index (χ4n) is 3.96. The highest BCUT2D eigenvalue weighted by atomic mass is 32.1. The summed E-state index contributed by atoms with van der Waals surface area (Å²) in [6, 6.07) is 11.1. The van der Waals surface area contributed by atoms with Crippen molar-refractivity contribution < 1.29 is 9.13 Å². The van der Waals surface area contributed by atoms with E-state index >= 15 is 0 Å². The number of hydrogen-bond acceptors (Lipinski definition) is 5. The minimum absolute atomic E-state index is 0.215. The first-order valence-electron chi connectivity index (χ1n) is 9.94. The summed E-state index contributed by atoms with van der Waals surface area (Å²) in [5.74, 6) is -0.0656. The number of fused-ring (bicyclic) bond motifs is 3. The second kappa shape index (κ2) is 7.25. The largest absolute Gasteiger partial charge is 0.370 e. The molecule has 0 atom stereocenters. The molecule has 0 unspecified atom stereocenters. The molecule has 6 nitrogen and oxygen atoms in total. The predicted molar refractivity (Wildman–Crippen MR) is 118 cm³/mol. The normalized spacial score (nSPS) is 15.2. The van der Waals surface area contributed by atoms with Crippen molar-refractivity contribution in [2.24, 2.45) is 0 Å². The minimum atomic E-state index is -0.473. The van der Waals surface area contributed by atoms with Crippen LogP contribution in [0.15, 0.2) is 58.3 Å². The molecule has 0 fully saturated rings. The van der Waals surface area contributed by atoms with Crippen LogP contribution in [0.5, 0.6) is 0 Å². The smallest absolute Gasteiger partial charge is 0.338 e. The van der Waals surface area contributed by atoms with E-state index in [1.54, 1.807) is 41.1 Å². The molecule has 0 radical (unpaired) electrons. The van der Waals surface area contributed by atoms with Crippen molar-refractivity contribution in [3.63, 3.8) is 0 Å². The molecule has 5 rings (SSSR count). The maximum absolute atomic E-state index is 13.6. The maximum Gasteiger partial charge on any atom is 0.338 e. The first-order chi connectivity index (χ1) is 14.8. The third kappa shape index (κ3) is 3.41. The van der Waals surface area contributed by atoms with Crippen LogP contribution in [0.25, 0.3) is 16.0 Å². The van der Waals surface area contributed by atoms with Crippen LogP contribution in [0.2, 0.25) is 0 Å². The fraction of sp³-hybridized carbons (Fsp3) is 0.261. The van der Waals surface area contributed by atoms with Gasteiger partial charge in [0.1, 0.15) is 16.5 Å². The highest BCUT2D eigenvalue weighted by molar-refractivity contribution is 7.18. The van der Waals surface area contributed by atoms with Crippen molar-refractivity contribution in [3.8, 4) is 5.82 Å². The molecule has 0 spiro atoms. The van der Waals surface area contributed by atoms with E-state index in [0.29, 0.717) is 23.2 Å². The van der Waals surface area contributed by atoms with E-state index in [9.17, 15) is 14.0 Å². The fourth-order valence-corrected chi connectivity index (χ4v) is 5.17. The number of benzene rings is 1. The zero-order valence-electron chi connectivity index (χ0n) is 17.1. The van der Waals surface area contributed by atoms with Gasteiger partial charge in [0.05, 0.1) is 24.1 Å². The van der Waals surface area contributed by atoms with Crippen molar-refractivity contribution in [2.45, 2.75) is 39.0 Å².